The minimum absolute atomic E-state index is 0.259. The van der Waals surface area contributed by atoms with E-state index in [1.165, 1.54) is 16.7 Å². The van der Waals surface area contributed by atoms with Gasteiger partial charge in [0.1, 0.15) is 0 Å². The zero-order valence-electron chi connectivity index (χ0n) is 14.6. The quantitative estimate of drug-likeness (QED) is 0.485. The number of hydrogen-bond acceptors (Lipinski definition) is 3. The molecule has 1 aromatic carbocycles. The molecule has 1 aliphatic rings. The molecule has 22 heavy (non-hydrogen) atoms. The highest BCUT2D eigenvalue weighted by Gasteiger charge is 2.37. The third-order valence-corrected chi connectivity index (χ3v) is 9.69. The minimum Gasteiger partial charge on any atom is -0.417 e. The van der Waals surface area contributed by atoms with Gasteiger partial charge in [-0.25, -0.2) is 0 Å². The summed E-state index contributed by atoms with van der Waals surface area (Å²) in [7, 11) is -1.67. The first kappa shape index (κ1) is 17.3. The Morgan fingerprint density at radius 1 is 1.18 bits per heavy atom. The molecule has 2 rings (SSSR count). The largest absolute Gasteiger partial charge is 0.417 e. The summed E-state index contributed by atoms with van der Waals surface area (Å²) in [6.07, 6.45) is 3.12. The van der Waals surface area contributed by atoms with Crippen LogP contribution < -0.4 is 11.3 Å². The number of fused-ring (bicyclic) bond motifs is 1. The van der Waals surface area contributed by atoms with Crippen LogP contribution in [-0.4, -0.2) is 14.9 Å². The van der Waals surface area contributed by atoms with E-state index in [0.29, 0.717) is 0 Å². The molecule has 0 saturated carbocycles. The van der Waals surface area contributed by atoms with E-state index in [2.05, 4.69) is 63.6 Å². The van der Waals surface area contributed by atoms with Crippen molar-refractivity contribution in [3.8, 4) is 0 Å². The summed E-state index contributed by atoms with van der Waals surface area (Å²) in [5.74, 6) is 5.80. The van der Waals surface area contributed by atoms with Gasteiger partial charge in [0.25, 0.3) is 0 Å². The predicted molar refractivity (Wildman–Crippen MR) is 96.8 cm³/mol. The number of nitrogens with one attached hydrogen (secondary N) is 1. The second-order valence-electron chi connectivity index (χ2n) is 7.64. The van der Waals surface area contributed by atoms with Crippen molar-refractivity contribution in [3.05, 3.63) is 41.0 Å². The SMILES string of the molecule is CC(C)(C)[Si](C)(C)OCCC1=C(NN)c2ccccc2CC1. The van der Waals surface area contributed by atoms with Crippen molar-refractivity contribution in [2.45, 2.75) is 58.2 Å². The van der Waals surface area contributed by atoms with E-state index in [-0.39, 0.29) is 5.04 Å². The van der Waals surface area contributed by atoms with Crippen LogP contribution in [0.3, 0.4) is 0 Å². The molecular weight excluding hydrogens is 288 g/mol. The van der Waals surface area contributed by atoms with Gasteiger partial charge in [-0.05, 0) is 48.5 Å². The normalized spacial score (nSPS) is 15.7. The molecule has 0 bridgehead atoms. The van der Waals surface area contributed by atoms with Crippen molar-refractivity contribution in [3.63, 3.8) is 0 Å². The van der Waals surface area contributed by atoms with Crippen LogP contribution in [0, 0.1) is 0 Å². The van der Waals surface area contributed by atoms with Crippen molar-refractivity contribution in [2.75, 3.05) is 6.61 Å². The first-order valence-electron chi connectivity index (χ1n) is 8.17. The third kappa shape index (κ3) is 3.62. The fourth-order valence-corrected chi connectivity index (χ4v) is 3.70. The summed E-state index contributed by atoms with van der Waals surface area (Å²) >= 11 is 0. The summed E-state index contributed by atoms with van der Waals surface area (Å²) in [4.78, 5) is 0. The van der Waals surface area contributed by atoms with Crippen LogP contribution in [0.1, 0.15) is 44.7 Å². The lowest BCUT2D eigenvalue weighted by Crippen LogP contribution is -2.41. The molecule has 0 unspecified atom stereocenters. The van der Waals surface area contributed by atoms with Gasteiger partial charge in [0.15, 0.2) is 8.32 Å². The lowest BCUT2D eigenvalue weighted by atomic mass is 9.88. The number of nitrogens with two attached hydrogens (primary N) is 1. The lowest BCUT2D eigenvalue weighted by Gasteiger charge is -2.36. The average molecular weight is 319 g/mol. The van der Waals surface area contributed by atoms with Crippen LogP contribution in [0.2, 0.25) is 18.1 Å². The summed E-state index contributed by atoms with van der Waals surface area (Å²) in [6, 6.07) is 8.51. The number of hydrogen-bond donors (Lipinski definition) is 2. The minimum atomic E-state index is -1.67. The Balaban J connectivity index is 2.08. The van der Waals surface area contributed by atoms with E-state index in [1.54, 1.807) is 0 Å². The lowest BCUT2D eigenvalue weighted by molar-refractivity contribution is 0.290. The van der Waals surface area contributed by atoms with E-state index in [9.17, 15) is 0 Å². The van der Waals surface area contributed by atoms with Crippen LogP contribution in [-0.2, 0) is 10.8 Å². The Morgan fingerprint density at radius 3 is 2.50 bits per heavy atom. The summed E-state index contributed by atoms with van der Waals surface area (Å²) < 4.78 is 6.31. The van der Waals surface area contributed by atoms with E-state index in [4.69, 9.17) is 10.3 Å². The van der Waals surface area contributed by atoms with Gasteiger partial charge in [0.05, 0.1) is 5.70 Å². The Labute approximate surface area is 136 Å². The molecule has 1 aliphatic carbocycles. The smallest absolute Gasteiger partial charge is 0.191 e. The summed E-state index contributed by atoms with van der Waals surface area (Å²) in [6.45, 7) is 12.2. The highest BCUT2D eigenvalue weighted by molar-refractivity contribution is 6.74. The van der Waals surface area contributed by atoms with Gasteiger partial charge in [-0.1, -0.05) is 45.0 Å². The fourth-order valence-electron chi connectivity index (χ4n) is 2.66. The average Bonchev–Trinajstić information content (AvgIpc) is 2.45. The standard InChI is InChI=1S/C18H30N2OSi/c1-18(2,3)22(4,5)21-13-12-15-11-10-14-8-6-7-9-16(14)17(15)20-19/h6-9,20H,10-13,19H2,1-5H3. The van der Waals surface area contributed by atoms with Crippen molar-refractivity contribution in [1.82, 2.24) is 5.43 Å². The molecule has 0 amide bonds. The van der Waals surface area contributed by atoms with Gasteiger partial charge in [-0.15, -0.1) is 0 Å². The van der Waals surface area contributed by atoms with Gasteiger partial charge in [-0.2, -0.15) is 0 Å². The van der Waals surface area contributed by atoms with E-state index in [0.717, 1.165) is 31.6 Å². The molecule has 1 aromatic rings. The topological polar surface area (TPSA) is 47.3 Å². The van der Waals surface area contributed by atoms with Gasteiger partial charge >= 0.3 is 0 Å². The molecule has 122 valence electrons. The van der Waals surface area contributed by atoms with E-state index >= 15 is 0 Å². The number of benzene rings is 1. The molecule has 0 aromatic heterocycles. The molecule has 0 saturated heterocycles. The monoisotopic (exact) mass is 318 g/mol. The Kier molecular flexibility index (Phi) is 5.15. The Morgan fingerprint density at radius 2 is 1.86 bits per heavy atom. The van der Waals surface area contributed by atoms with Crippen LogP contribution in [0.15, 0.2) is 29.8 Å². The fraction of sp³-hybridized carbons (Fsp3) is 0.556. The summed E-state index contributed by atoms with van der Waals surface area (Å²) in [5, 5.41) is 0.259. The Bertz CT molecular complexity index is 558. The van der Waals surface area contributed by atoms with Crippen molar-refractivity contribution in [2.24, 2.45) is 5.84 Å². The molecular formula is C18H30N2OSi. The second kappa shape index (κ2) is 6.57. The first-order chi connectivity index (χ1) is 10.3. The molecule has 0 heterocycles. The number of aryl methyl sites for hydroxylation is 1. The summed E-state index contributed by atoms with van der Waals surface area (Å²) in [5.41, 5.74) is 8.04. The molecule has 3 nitrogen and oxygen atoms in total. The number of rotatable bonds is 5. The predicted octanol–water partition coefficient (Wildman–Crippen LogP) is 4.22. The Hall–Kier alpha value is -1.10. The zero-order chi connectivity index (χ0) is 16.4. The van der Waals surface area contributed by atoms with Gasteiger partial charge in [-0.3, -0.25) is 5.84 Å². The maximum atomic E-state index is 6.31. The molecule has 0 aliphatic heterocycles. The van der Waals surface area contributed by atoms with E-state index in [1.807, 2.05) is 0 Å². The van der Waals surface area contributed by atoms with Gasteiger partial charge in [0, 0.05) is 12.2 Å². The molecule has 0 fully saturated rings. The highest BCUT2D eigenvalue weighted by atomic mass is 28.4. The molecule has 0 atom stereocenters. The maximum Gasteiger partial charge on any atom is 0.191 e. The molecule has 0 radical (unpaired) electrons. The van der Waals surface area contributed by atoms with Crippen LogP contribution in [0.25, 0.3) is 5.70 Å². The number of hydrazine groups is 1. The van der Waals surface area contributed by atoms with Crippen molar-refractivity contribution in [1.29, 1.82) is 0 Å². The zero-order valence-corrected chi connectivity index (χ0v) is 15.6. The van der Waals surface area contributed by atoms with Crippen molar-refractivity contribution >= 4 is 14.0 Å². The maximum absolute atomic E-state index is 6.31. The molecule has 0 spiro atoms. The van der Waals surface area contributed by atoms with Crippen LogP contribution in [0.5, 0.6) is 0 Å². The van der Waals surface area contributed by atoms with Crippen LogP contribution in [0.4, 0.5) is 0 Å². The van der Waals surface area contributed by atoms with E-state index < -0.39 is 8.32 Å². The third-order valence-electron chi connectivity index (χ3n) is 5.15. The second-order valence-corrected chi connectivity index (χ2v) is 12.4. The molecule has 4 heteroatoms. The van der Waals surface area contributed by atoms with Crippen molar-refractivity contribution < 1.29 is 4.43 Å². The highest BCUT2D eigenvalue weighted by Crippen LogP contribution is 2.37. The van der Waals surface area contributed by atoms with Crippen LogP contribution >= 0.6 is 0 Å². The van der Waals surface area contributed by atoms with Gasteiger partial charge in [0.2, 0.25) is 0 Å². The molecule has 3 N–H and O–H groups in total. The van der Waals surface area contributed by atoms with Gasteiger partial charge < -0.3 is 9.85 Å². The first-order valence-corrected chi connectivity index (χ1v) is 11.1.